The molecule has 1 aliphatic heterocycles. The molecule has 0 amide bonds. The molecule has 110 valence electrons. The number of carbonyl (C=O) groups excluding carboxylic acids is 1. The molecule has 0 aromatic rings. The van der Waals surface area contributed by atoms with Crippen LogP contribution in [0, 0.1) is 11.3 Å². The Balaban J connectivity index is 1.93. The van der Waals surface area contributed by atoms with Crippen LogP contribution in [0.2, 0.25) is 0 Å². The van der Waals surface area contributed by atoms with Gasteiger partial charge in [-0.15, -0.1) is 0 Å². The van der Waals surface area contributed by atoms with Gasteiger partial charge >= 0.3 is 0 Å². The summed E-state index contributed by atoms with van der Waals surface area (Å²) in [5, 5.41) is 10.1. The van der Waals surface area contributed by atoms with Crippen molar-refractivity contribution in [3.05, 3.63) is 0 Å². The fourth-order valence-electron chi connectivity index (χ4n) is 3.57. The topological polar surface area (TPSA) is 40.5 Å². The van der Waals surface area contributed by atoms with Gasteiger partial charge in [0, 0.05) is 18.5 Å². The third-order valence-corrected chi connectivity index (χ3v) is 5.21. The molecule has 0 aromatic heterocycles. The zero-order valence-electron chi connectivity index (χ0n) is 12.5. The summed E-state index contributed by atoms with van der Waals surface area (Å²) in [5.74, 6) is 0.776. The van der Waals surface area contributed by atoms with E-state index in [9.17, 15) is 9.90 Å². The van der Waals surface area contributed by atoms with Crippen LogP contribution < -0.4 is 0 Å². The zero-order valence-corrected chi connectivity index (χ0v) is 12.5. The minimum atomic E-state index is -0.510. The van der Waals surface area contributed by atoms with Crippen LogP contribution in [0.15, 0.2) is 0 Å². The second-order valence-electron chi connectivity index (χ2n) is 7.29. The predicted molar refractivity (Wildman–Crippen MR) is 77.0 cm³/mol. The van der Waals surface area contributed by atoms with E-state index in [0.29, 0.717) is 0 Å². The van der Waals surface area contributed by atoms with Gasteiger partial charge in [0.25, 0.3) is 0 Å². The van der Waals surface area contributed by atoms with Crippen molar-refractivity contribution in [3.8, 4) is 0 Å². The summed E-state index contributed by atoms with van der Waals surface area (Å²) in [4.78, 5) is 14.0. The van der Waals surface area contributed by atoms with Gasteiger partial charge in [0.2, 0.25) is 0 Å². The first kappa shape index (κ1) is 15.0. The van der Waals surface area contributed by atoms with Crippen molar-refractivity contribution in [1.82, 2.24) is 4.90 Å². The summed E-state index contributed by atoms with van der Waals surface area (Å²) >= 11 is 0. The van der Waals surface area contributed by atoms with Crippen molar-refractivity contribution < 1.29 is 9.90 Å². The molecular formula is C16H29NO2. The number of likely N-dealkylation sites (tertiary alicyclic amines) is 1. The third kappa shape index (κ3) is 4.03. The number of aliphatic hydroxyl groups is 1. The maximum Gasteiger partial charge on any atom is 0.127 e. The van der Waals surface area contributed by atoms with Gasteiger partial charge in [0.05, 0.1) is 5.60 Å². The Morgan fingerprint density at radius 1 is 1.21 bits per heavy atom. The molecular weight excluding hydrogens is 238 g/mol. The Morgan fingerprint density at radius 2 is 1.89 bits per heavy atom. The van der Waals surface area contributed by atoms with E-state index in [1.165, 1.54) is 19.1 Å². The lowest BCUT2D eigenvalue weighted by Crippen LogP contribution is -2.42. The number of aldehydes is 1. The molecule has 1 aliphatic carbocycles. The number of hydrogen-bond donors (Lipinski definition) is 1. The van der Waals surface area contributed by atoms with Crippen molar-refractivity contribution >= 4 is 6.29 Å². The van der Waals surface area contributed by atoms with Gasteiger partial charge in [-0.3, -0.25) is 0 Å². The van der Waals surface area contributed by atoms with Gasteiger partial charge in [-0.2, -0.15) is 0 Å². The largest absolute Gasteiger partial charge is 0.390 e. The lowest BCUT2D eigenvalue weighted by atomic mass is 9.71. The molecule has 3 nitrogen and oxygen atoms in total. The number of carbonyl (C=O) groups is 1. The Morgan fingerprint density at radius 3 is 2.53 bits per heavy atom. The lowest BCUT2D eigenvalue weighted by molar-refractivity contribution is -0.119. The van der Waals surface area contributed by atoms with Gasteiger partial charge in [0.15, 0.2) is 0 Å². The van der Waals surface area contributed by atoms with Crippen LogP contribution in [0.1, 0.15) is 58.8 Å². The molecule has 2 rings (SSSR count). The van der Waals surface area contributed by atoms with Gasteiger partial charge in [-0.25, -0.2) is 0 Å². The first-order chi connectivity index (χ1) is 8.95. The zero-order chi connectivity index (χ0) is 13.9. The second-order valence-corrected chi connectivity index (χ2v) is 7.29. The van der Waals surface area contributed by atoms with Crippen LogP contribution >= 0.6 is 0 Å². The quantitative estimate of drug-likeness (QED) is 0.799. The van der Waals surface area contributed by atoms with E-state index in [-0.39, 0.29) is 5.41 Å². The molecule has 1 saturated heterocycles. The van der Waals surface area contributed by atoms with Crippen LogP contribution in [0.25, 0.3) is 0 Å². The highest BCUT2D eigenvalue weighted by Gasteiger charge is 2.36. The van der Waals surface area contributed by atoms with Gasteiger partial charge in [0.1, 0.15) is 6.29 Å². The van der Waals surface area contributed by atoms with E-state index in [2.05, 4.69) is 11.8 Å². The highest BCUT2D eigenvalue weighted by Crippen LogP contribution is 2.38. The van der Waals surface area contributed by atoms with Crippen LogP contribution in [0.3, 0.4) is 0 Å². The first-order valence-corrected chi connectivity index (χ1v) is 7.86. The van der Waals surface area contributed by atoms with E-state index in [0.717, 1.165) is 57.7 Å². The maximum atomic E-state index is 11.6. The van der Waals surface area contributed by atoms with Crippen LogP contribution in [-0.4, -0.2) is 41.5 Å². The standard InChI is InChI=1S/C16H29NO2/c1-14-4-7-16(13-18,8-5-14)12-17-10-3-6-15(2,19)9-11-17/h13-14,19H,3-12H2,1-2H3. The van der Waals surface area contributed by atoms with E-state index in [4.69, 9.17) is 0 Å². The van der Waals surface area contributed by atoms with Crippen LogP contribution in [-0.2, 0) is 4.79 Å². The Labute approximate surface area is 117 Å². The molecule has 19 heavy (non-hydrogen) atoms. The summed E-state index contributed by atoms with van der Waals surface area (Å²) in [7, 11) is 0. The molecule has 1 unspecified atom stereocenters. The van der Waals surface area contributed by atoms with Crippen molar-refractivity contribution in [2.75, 3.05) is 19.6 Å². The second kappa shape index (κ2) is 5.92. The van der Waals surface area contributed by atoms with E-state index < -0.39 is 5.60 Å². The van der Waals surface area contributed by atoms with E-state index >= 15 is 0 Å². The van der Waals surface area contributed by atoms with Crippen molar-refractivity contribution in [2.24, 2.45) is 11.3 Å². The van der Waals surface area contributed by atoms with Gasteiger partial charge < -0.3 is 14.8 Å². The number of nitrogens with zero attached hydrogens (tertiary/aromatic N) is 1. The van der Waals surface area contributed by atoms with E-state index in [1.54, 1.807) is 0 Å². The van der Waals surface area contributed by atoms with Gasteiger partial charge in [-0.1, -0.05) is 6.92 Å². The molecule has 1 atom stereocenters. The Kier molecular flexibility index (Phi) is 4.67. The molecule has 0 aromatic carbocycles. The summed E-state index contributed by atoms with van der Waals surface area (Å²) < 4.78 is 0. The Bertz CT molecular complexity index is 306. The minimum absolute atomic E-state index is 0.108. The highest BCUT2D eigenvalue weighted by molar-refractivity contribution is 5.60. The molecule has 0 radical (unpaired) electrons. The lowest BCUT2D eigenvalue weighted by Gasteiger charge is -2.38. The molecule has 2 aliphatic rings. The average Bonchev–Trinajstić information content (AvgIpc) is 2.54. The summed E-state index contributed by atoms with van der Waals surface area (Å²) in [6.45, 7) is 7.09. The van der Waals surface area contributed by atoms with Crippen LogP contribution in [0.4, 0.5) is 0 Å². The normalized spacial score (nSPS) is 41.7. The minimum Gasteiger partial charge on any atom is -0.390 e. The van der Waals surface area contributed by atoms with Crippen molar-refractivity contribution in [1.29, 1.82) is 0 Å². The molecule has 1 N–H and O–H groups in total. The summed E-state index contributed by atoms with van der Waals surface area (Å²) in [6, 6.07) is 0. The smallest absolute Gasteiger partial charge is 0.127 e. The third-order valence-electron chi connectivity index (χ3n) is 5.21. The van der Waals surface area contributed by atoms with Crippen molar-refractivity contribution in [3.63, 3.8) is 0 Å². The maximum absolute atomic E-state index is 11.6. The van der Waals surface area contributed by atoms with Crippen LogP contribution in [0.5, 0.6) is 0 Å². The fourth-order valence-corrected chi connectivity index (χ4v) is 3.57. The molecule has 0 bridgehead atoms. The van der Waals surface area contributed by atoms with E-state index in [1.807, 2.05) is 6.92 Å². The number of rotatable bonds is 3. The molecule has 2 fully saturated rings. The summed E-state index contributed by atoms with van der Waals surface area (Å²) in [5.41, 5.74) is -0.618. The molecule has 3 heteroatoms. The number of hydrogen-bond acceptors (Lipinski definition) is 3. The molecule has 1 saturated carbocycles. The summed E-state index contributed by atoms with van der Waals surface area (Å²) in [6.07, 6.45) is 8.44. The predicted octanol–water partition coefficient (Wildman–Crippen LogP) is 2.62. The molecule has 1 heterocycles. The van der Waals surface area contributed by atoms with Crippen molar-refractivity contribution in [2.45, 2.75) is 64.4 Å². The average molecular weight is 267 g/mol. The molecule has 0 spiro atoms. The van der Waals surface area contributed by atoms with Gasteiger partial charge in [-0.05, 0) is 64.3 Å². The highest BCUT2D eigenvalue weighted by atomic mass is 16.3. The fraction of sp³-hybridized carbons (Fsp3) is 0.938. The SMILES string of the molecule is CC1CCC(C=O)(CN2CCCC(C)(O)CC2)CC1. The Hall–Kier alpha value is -0.410. The first-order valence-electron chi connectivity index (χ1n) is 7.86. The monoisotopic (exact) mass is 267 g/mol.